The van der Waals surface area contributed by atoms with Crippen molar-refractivity contribution >= 4 is 34.2 Å². The average molecular weight is 414 g/mol. The molecule has 3 rings (SSSR count). The van der Waals surface area contributed by atoms with Crippen LogP contribution in [0.25, 0.3) is 11.4 Å². The molecule has 0 fully saturated rings. The minimum absolute atomic E-state index is 0.252. The molecular weight excluding hydrogens is 404 g/mol. The quantitative estimate of drug-likeness (QED) is 0.596. The zero-order valence-corrected chi connectivity index (χ0v) is 13.7. The number of benzene rings is 2. The van der Waals surface area contributed by atoms with E-state index in [2.05, 4.69) is 32.7 Å². The molecule has 0 spiro atoms. The summed E-state index contributed by atoms with van der Waals surface area (Å²) in [5.74, 6) is 0.273. The fraction of sp³-hybridized carbons (Fsp3) is 0.0667. The third kappa shape index (κ3) is 3.24. The fourth-order valence-electron chi connectivity index (χ4n) is 1.98. The van der Waals surface area contributed by atoms with Crippen LogP contribution in [-0.2, 0) is 6.54 Å². The molecule has 106 valence electrons. The lowest BCUT2D eigenvalue weighted by molar-refractivity contribution is 0.585. The van der Waals surface area contributed by atoms with Gasteiger partial charge in [-0.3, -0.25) is 0 Å². The third-order valence-corrected chi connectivity index (χ3v) is 4.03. The summed E-state index contributed by atoms with van der Waals surface area (Å²) in [4.78, 5) is 4.27. The second-order valence-electron chi connectivity index (χ2n) is 4.48. The number of nitrogens with zero attached hydrogens (tertiary/aromatic N) is 3. The van der Waals surface area contributed by atoms with Crippen LogP contribution in [0.4, 0.5) is 4.39 Å². The first-order valence-electron chi connectivity index (χ1n) is 6.22. The van der Waals surface area contributed by atoms with E-state index in [1.54, 1.807) is 23.1 Å². The molecule has 0 saturated heterocycles. The molecule has 0 N–H and O–H groups in total. The lowest BCUT2D eigenvalue weighted by Gasteiger charge is -2.05. The van der Waals surface area contributed by atoms with E-state index in [-0.39, 0.29) is 12.4 Å². The second kappa shape index (κ2) is 6.11. The molecule has 0 aliphatic heterocycles. The summed E-state index contributed by atoms with van der Waals surface area (Å²) in [5, 5.41) is 4.77. The summed E-state index contributed by atoms with van der Waals surface area (Å²) < 4.78 is 16.5. The van der Waals surface area contributed by atoms with Crippen molar-refractivity contribution in [2.45, 2.75) is 6.54 Å². The maximum Gasteiger partial charge on any atom is 0.181 e. The van der Waals surface area contributed by atoms with E-state index < -0.39 is 0 Å². The van der Waals surface area contributed by atoms with Gasteiger partial charge in [-0.05, 0) is 46.9 Å². The van der Waals surface area contributed by atoms with Crippen LogP contribution in [-0.4, -0.2) is 14.8 Å². The lowest BCUT2D eigenvalue weighted by atomic mass is 10.2. The average Bonchev–Trinajstić information content (AvgIpc) is 2.92. The molecule has 0 saturated carbocycles. The molecular formula is C15H10ClFIN3. The van der Waals surface area contributed by atoms with E-state index in [0.29, 0.717) is 16.4 Å². The van der Waals surface area contributed by atoms with E-state index >= 15 is 0 Å². The summed E-state index contributed by atoms with van der Waals surface area (Å²) in [6, 6.07) is 12.5. The number of halogens is 3. The molecule has 0 aliphatic carbocycles. The molecule has 21 heavy (non-hydrogen) atoms. The van der Waals surface area contributed by atoms with Crippen LogP contribution >= 0.6 is 34.2 Å². The minimum atomic E-state index is -0.339. The van der Waals surface area contributed by atoms with Gasteiger partial charge in [-0.15, -0.1) is 0 Å². The van der Waals surface area contributed by atoms with Crippen LogP contribution in [0, 0.1) is 9.39 Å². The van der Waals surface area contributed by atoms with Crippen LogP contribution < -0.4 is 0 Å². The Morgan fingerprint density at radius 3 is 2.76 bits per heavy atom. The molecule has 0 atom stereocenters. The predicted octanol–water partition coefficient (Wildman–Crippen LogP) is 4.39. The van der Waals surface area contributed by atoms with E-state index in [1.165, 1.54) is 6.07 Å². The Morgan fingerprint density at radius 2 is 2.00 bits per heavy atom. The standard InChI is InChI=1S/C15H10ClFIN3/c16-13-5-2-6-14(17)12(13)8-21-9-19-15(20-21)10-3-1-4-11(18)7-10/h1-7,9H,8H2. The Hall–Kier alpha value is -1.47. The van der Waals surface area contributed by atoms with Crippen molar-refractivity contribution in [1.82, 2.24) is 14.8 Å². The molecule has 3 nitrogen and oxygen atoms in total. The Kier molecular flexibility index (Phi) is 4.21. The largest absolute Gasteiger partial charge is 0.248 e. The van der Waals surface area contributed by atoms with Crippen LogP contribution in [0.5, 0.6) is 0 Å². The van der Waals surface area contributed by atoms with Crippen molar-refractivity contribution in [2.75, 3.05) is 0 Å². The number of aromatic nitrogens is 3. The van der Waals surface area contributed by atoms with Crippen molar-refractivity contribution in [1.29, 1.82) is 0 Å². The van der Waals surface area contributed by atoms with E-state index in [4.69, 9.17) is 11.6 Å². The monoisotopic (exact) mass is 413 g/mol. The zero-order valence-electron chi connectivity index (χ0n) is 10.8. The Labute approximate surface area is 139 Å². The van der Waals surface area contributed by atoms with Crippen LogP contribution in [0.3, 0.4) is 0 Å². The first-order chi connectivity index (χ1) is 10.1. The predicted molar refractivity (Wildman–Crippen MR) is 88.7 cm³/mol. The summed E-state index contributed by atoms with van der Waals surface area (Å²) in [6.07, 6.45) is 1.58. The molecule has 0 aliphatic rings. The molecule has 0 bridgehead atoms. The minimum Gasteiger partial charge on any atom is -0.248 e. The SMILES string of the molecule is Fc1cccc(Cl)c1Cn1cnc(-c2cccc(I)c2)n1. The van der Waals surface area contributed by atoms with Crippen LogP contribution in [0.15, 0.2) is 48.8 Å². The first kappa shape index (κ1) is 14.5. The van der Waals surface area contributed by atoms with Gasteiger partial charge in [-0.1, -0.05) is 29.8 Å². The van der Waals surface area contributed by atoms with Crippen molar-refractivity contribution in [3.05, 3.63) is 68.8 Å². The molecule has 3 aromatic rings. The number of hydrogen-bond donors (Lipinski definition) is 0. The van der Waals surface area contributed by atoms with Gasteiger partial charge in [0.1, 0.15) is 12.1 Å². The normalized spacial score (nSPS) is 10.8. The molecule has 2 aromatic carbocycles. The summed E-state index contributed by atoms with van der Waals surface area (Å²) in [6.45, 7) is 0.252. The molecule has 0 radical (unpaired) electrons. The Bertz CT molecular complexity index is 768. The third-order valence-electron chi connectivity index (χ3n) is 3.00. The van der Waals surface area contributed by atoms with Crippen molar-refractivity contribution in [3.63, 3.8) is 0 Å². The van der Waals surface area contributed by atoms with Crippen molar-refractivity contribution in [2.24, 2.45) is 0 Å². The van der Waals surface area contributed by atoms with Gasteiger partial charge in [-0.25, -0.2) is 14.1 Å². The van der Waals surface area contributed by atoms with Gasteiger partial charge < -0.3 is 0 Å². The summed E-state index contributed by atoms with van der Waals surface area (Å²) in [7, 11) is 0. The van der Waals surface area contributed by atoms with E-state index in [1.807, 2.05) is 24.3 Å². The smallest absolute Gasteiger partial charge is 0.181 e. The van der Waals surface area contributed by atoms with Gasteiger partial charge in [0, 0.05) is 19.7 Å². The van der Waals surface area contributed by atoms with Crippen LogP contribution in [0.1, 0.15) is 5.56 Å². The van der Waals surface area contributed by atoms with Crippen molar-refractivity contribution < 1.29 is 4.39 Å². The maximum absolute atomic E-state index is 13.8. The topological polar surface area (TPSA) is 30.7 Å². The highest BCUT2D eigenvalue weighted by atomic mass is 127. The van der Waals surface area contributed by atoms with Gasteiger partial charge in [-0.2, -0.15) is 5.10 Å². The van der Waals surface area contributed by atoms with Crippen LogP contribution in [0.2, 0.25) is 5.02 Å². The van der Waals surface area contributed by atoms with Gasteiger partial charge in [0.05, 0.1) is 6.54 Å². The highest BCUT2D eigenvalue weighted by molar-refractivity contribution is 14.1. The number of hydrogen-bond acceptors (Lipinski definition) is 2. The zero-order chi connectivity index (χ0) is 14.8. The number of rotatable bonds is 3. The first-order valence-corrected chi connectivity index (χ1v) is 7.67. The lowest BCUT2D eigenvalue weighted by Crippen LogP contribution is -2.03. The van der Waals surface area contributed by atoms with Gasteiger partial charge in [0.15, 0.2) is 5.82 Å². The molecule has 0 amide bonds. The molecule has 1 heterocycles. The van der Waals surface area contributed by atoms with Crippen molar-refractivity contribution in [3.8, 4) is 11.4 Å². The molecule has 1 aromatic heterocycles. The second-order valence-corrected chi connectivity index (χ2v) is 6.13. The van der Waals surface area contributed by atoms with E-state index in [9.17, 15) is 4.39 Å². The highest BCUT2D eigenvalue weighted by Gasteiger charge is 2.10. The fourth-order valence-corrected chi connectivity index (χ4v) is 2.74. The van der Waals surface area contributed by atoms with Gasteiger partial charge >= 0.3 is 0 Å². The maximum atomic E-state index is 13.8. The Balaban J connectivity index is 1.89. The Morgan fingerprint density at radius 1 is 1.19 bits per heavy atom. The summed E-state index contributed by atoms with van der Waals surface area (Å²) in [5.41, 5.74) is 1.35. The molecule has 6 heteroatoms. The van der Waals surface area contributed by atoms with E-state index in [0.717, 1.165) is 9.13 Å². The van der Waals surface area contributed by atoms with Gasteiger partial charge in [0.2, 0.25) is 0 Å². The summed E-state index contributed by atoms with van der Waals surface area (Å²) >= 11 is 8.26. The molecule has 0 unspecified atom stereocenters. The highest BCUT2D eigenvalue weighted by Crippen LogP contribution is 2.21. The van der Waals surface area contributed by atoms with Gasteiger partial charge in [0.25, 0.3) is 0 Å².